The Kier molecular flexibility index (Phi) is 5.25. The summed E-state index contributed by atoms with van der Waals surface area (Å²) < 4.78 is 5.15. The number of hydrogen-bond donors (Lipinski definition) is 2. The van der Waals surface area contributed by atoms with E-state index >= 15 is 0 Å². The maximum Gasteiger partial charge on any atom is 0.332 e. The van der Waals surface area contributed by atoms with Gasteiger partial charge in [0.25, 0.3) is 0 Å². The molecule has 0 fully saturated rings. The van der Waals surface area contributed by atoms with Gasteiger partial charge in [0.1, 0.15) is 5.69 Å². The third kappa shape index (κ3) is 3.52. The highest BCUT2D eigenvalue weighted by Gasteiger charge is 2.21. The van der Waals surface area contributed by atoms with E-state index in [1.54, 1.807) is 14.0 Å². The Morgan fingerprint density at radius 1 is 1.44 bits per heavy atom. The van der Waals surface area contributed by atoms with E-state index in [1.807, 2.05) is 6.92 Å². The van der Waals surface area contributed by atoms with E-state index in [0.29, 0.717) is 31.4 Å². The topological polar surface area (TPSA) is 102 Å². The monoisotopic (exact) mass is 255 g/mol. The molecule has 0 saturated carbocycles. The molecule has 2 N–H and O–H groups in total. The Labute approximate surface area is 105 Å². The predicted molar refractivity (Wildman–Crippen MR) is 68.0 cm³/mol. The van der Waals surface area contributed by atoms with Crippen LogP contribution < -0.4 is 10.6 Å². The van der Waals surface area contributed by atoms with E-state index < -0.39 is 4.92 Å². The first-order valence-electron chi connectivity index (χ1n) is 5.62. The number of rotatable bonds is 7. The SMILES string of the molecule is CCOCCNc1nc(NC)nc(C)c1[N+](=O)[O-]. The van der Waals surface area contributed by atoms with Gasteiger partial charge in [-0.15, -0.1) is 0 Å². The molecule has 1 aromatic rings. The molecular weight excluding hydrogens is 238 g/mol. The molecule has 0 aromatic carbocycles. The summed E-state index contributed by atoms with van der Waals surface area (Å²) in [6, 6.07) is 0. The van der Waals surface area contributed by atoms with Gasteiger partial charge in [-0.3, -0.25) is 10.1 Å². The van der Waals surface area contributed by atoms with Gasteiger partial charge in [-0.2, -0.15) is 4.98 Å². The second-order valence-electron chi connectivity index (χ2n) is 3.46. The Bertz CT molecular complexity index is 424. The van der Waals surface area contributed by atoms with Crippen LogP contribution in [0.4, 0.5) is 17.5 Å². The van der Waals surface area contributed by atoms with Crippen molar-refractivity contribution in [2.75, 3.05) is 37.4 Å². The highest BCUT2D eigenvalue weighted by molar-refractivity contribution is 5.60. The lowest BCUT2D eigenvalue weighted by Crippen LogP contribution is -2.14. The van der Waals surface area contributed by atoms with Crippen LogP contribution in [-0.2, 0) is 4.74 Å². The van der Waals surface area contributed by atoms with Crippen LogP contribution in [0.2, 0.25) is 0 Å². The average Bonchev–Trinajstić information content (AvgIpc) is 2.33. The third-order valence-corrected chi connectivity index (χ3v) is 2.21. The second kappa shape index (κ2) is 6.70. The van der Waals surface area contributed by atoms with Crippen molar-refractivity contribution < 1.29 is 9.66 Å². The molecule has 1 rings (SSSR count). The molecule has 0 amide bonds. The minimum absolute atomic E-state index is 0.106. The van der Waals surface area contributed by atoms with E-state index in [2.05, 4.69) is 20.6 Å². The first-order valence-corrected chi connectivity index (χ1v) is 5.62. The molecule has 8 nitrogen and oxygen atoms in total. The molecule has 18 heavy (non-hydrogen) atoms. The van der Waals surface area contributed by atoms with Gasteiger partial charge in [0.15, 0.2) is 0 Å². The van der Waals surface area contributed by atoms with Gasteiger partial charge in [-0.05, 0) is 13.8 Å². The maximum atomic E-state index is 11.0. The summed E-state index contributed by atoms with van der Waals surface area (Å²) in [6.45, 7) is 4.99. The first-order chi connectivity index (χ1) is 8.60. The van der Waals surface area contributed by atoms with Crippen molar-refractivity contribution in [2.24, 2.45) is 0 Å². The van der Waals surface area contributed by atoms with E-state index in [9.17, 15) is 10.1 Å². The molecule has 0 radical (unpaired) electrons. The van der Waals surface area contributed by atoms with Gasteiger partial charge in [0, 0.05) is 20.2 Å². The molecule has 1 aromatic heterocycles. The number of ether oxygens (including phenoxy) is 1. The molecule has 0 atom stereocenters. The highest BCUT2D eigenvalue weighted by atomic mass is 16.6. The molecule has 8 heteroatoms. The van der Waals surface area contributed by atoms with Gasteiger partial charge < -0.3 is 15.4 Å². The molecule has 0 saturated heterocycles. The van der Waals surface area contributed by atoms with Crippen LogP contribution in [0.5, 0.6) is 0 Å². The number of hydrogen-bond acceptors (Lipinski definition) is 7. The third-order valence-electron chi connectivity index (χ3n) is 2.21. The van der Waals surface area contributed by atoms with E-state index in [1.165, 1.54) is 0 Å². The number of nitro groups is 1. The molecule has 0 aliphatic heterocycles. The Morgan fingerprint density at radius 2 is 2.17 bits per heavy atom. The van der Waals surface area contributed by atoms with Crippen LogP contribution in [0.25, 0.3) is 0 Å². The van der Waals surface area contributed by atoms with Crippen LogP contribution >= 0.6 is 0 Å². The van der Waals surface area contributed by atoms with Gasteiger partial charge in [-0.1, -0.05) is 0 Å². The number of aromatic nitrogens is 2. The summed E-state index contributed by atoms with van der Waals surface area (Å²) >= 11 is 0. The fraction of sp³-hybridized carbons (Fsp3) is 0.600. The van der Waals surface area contributed by atoms with Crippen LogP contribution in [-0.4, -0.2) is 41.7 Å². The molecule has 1 heterocycles. The van der Waals surface area contributed by atoms with Crippen molar-refractivity contribution in [1.82, 2.24) is 9.97 Å². The largest absolute Gasteiger partial charge is 0.380 e. The minimum atomic E-state index is -0.488. The van der Waals surface area contributed by atoms with Crippen LogP contribution in [0.1, 0.15) is 12.6 Å². The smallest absolute Gasteiger partial charge is 0.332 e. The molecule has 0 bridgehead atoms. The van der Waals surface area contributed by atoms with Gasteiger partial charge in [0.05, 0.1) is 11.5 Å². The first kappa shape index (κ1) is 14.1. The zero-order chi connectivity index (χ0) is 13.5. The Morgan fingerprint density at radius 3 is 2.72 bits per heavy atom. The summed E-state index contributed by atoms with van der Waals surface area (Å²) in [7, 11) is 1.66. The normalized spacial score (nSPS) is 10.2. The molecule has 100 valence electrons. The summed E-state index contributed by atoms with van der Waals surface area (Å²) in [5.41, 5.74) is 0.212. The van der Waals surface area contributed by atoms with Gasteiger partial charge >= 0.3 is 5.69 Å². The van der Waals surface area contributed by atoms with Crippen LogP contribution in [0, 0.1) is 17.0 Å². The fourth-order valence-corrected chi connectivity index (χ4v) is 1.41. The molecule has 0 aliphatic rings. The number of anilines is 2. The van der Waals surface area contributed by atoms with Crippen molar-refractivity contribution in [3.8, 4) is 0 Å². The summed E-state index contributed by atoms with van der Waals surface area (Å²) in [5, 5.41) is 16.6. The molecular formula is C10H17N5O3. The molecule has 0 spiro atoms. The summed E-state index contributed by atoms with van der Waals surface area (Å²) in [4.78, 5) is 18.5. The highest BCUT2D eigenvalue weighted by Crippen LogP contribution is 2.26. The van der Waals surface area contributed by atoms with Gasteiger partial charge in [0.2, 0.25) is 11.8 Å². The zero-order valence-corrected chi connectivity index (χ0v) is 10.7. The number of nitrogens with one attached hydrogen (secondary N) is 2. The van der Waals surface area contributed by atoms with Crippen LogP contribution in [0.15, 0.2) is 0 Å². The Hall–Kier alpha value is -1.96. The van der Waals surface area contributed by atoms with Crippen molar-refractivity contribution in [2.45, 2.75) is 13.8 Å². The van der Waals surface area contributed by atoms with E-state index in [0.717, 1.165) is 0 Å². The quantitative estimate of drug-likeness (QED) is 0.428. The van der Waals surface area contributed by atoms with Crippen molar-refractivity contribution in [3.05, 3.63) is 15.8 Å². The van der Waals surface area contributed by atoms with Crippen LogP contribution in [0.3, 0.4) is 0 Å². The van der Waals surface area contributed by atoms with E-state index in [4.69, 9.17) is 4.74 Å². The molecule has 0 aliphatic carbocycles. The maximum absolute atomic E-state index is 11.0. The standard InChI is InChI=1S/C10H17N5O3/c1-4-18-6-5-12-9-8(15(16)17)7(2)13-10(11-3)14-9/h4-6H2,1-3H3,(H2,11,12,13,14). The Balaban J connectivity index is 2.91. The lowest BCUT2D eigenvalue weighted by atomic mass is 10.3. The lowest BCUT2D eigenvalue weighted by Gasteiger charge is -2.09. The molecule has 0 unspecified atom stereocenters. The summed E-state index contributed by atoms with van der Waals surface area (Å²) in [5.74, 6) is 0.550. The van der Waals surface area contributed by atoms with Crippen molar-refractivity contribution >= 4 is 17.5 Å². The second-order valence-corrected chi connectivity index (χ2v) is 3.46. The lowest BCUT2D eigenvalue weighted by molar-refractivity contribution is -0.385. The van der Waals surface area contributed by atoms with Gasteiger partial charge in [-0.25, -0.2) is 4.98 Å². The predicted octanol–water partition coefficient (Wildman–Crippen LogP) is 1.18. The van der Waals surface area contributed by atoms with E-state index in [-0.39, 0.29) is 11.5 Å². The van der Waals surface area contributed by atoms with Crippen molar-refractivity contribution in [3.63, 3.8) is 0 Å². The zero-order valence-electron chi connectivity index (χ0n) is 10.7. The fourth-order valence-electron chi connectivity index (χ4n) is 1.41. The average molecular weight is 255 g/mol. The minimum Gasteiger partial charge on any atom is -0.380 e. The summed E-state index contributed by atoms with van der Waals surface area (Å²) in [6.07, 6.45) is 0. The number of nitrogens with zero attached hydrogens (tertiary/aromatic N) is 3. The van der Waals surface area contributed by atoms with Crippen molar-refractivity contribution in [1.29, 1.82) is 0 Å². The number of aryl methyl sites for hydroxylation is 1.